The molecule has 0 bridgehead atoms. The second-order valence-electron chi connectivity index (χ2n) is 5.53. The van der Waals surface area contributed by atoms with Crippen LogP contribution in [0.5, 0.6) is 0 Å². The maximum Gasteiger partial charge on any atom is 0.242 e. The minimum absolute atomic E-state index is 0.142. The first-order valence-corrected chi connectivity index (χ1v) is 6.52. The average molecular weight is 250 g/mol. The first-order valence-electron chi connectivity index (χ1n) is 6.52. The Morgan fingerprint density at radius 3 is 2.78 bits per heavy atom. The Morgan fingerprint density at radius 2 is 2.06 bits per heavy atom. The molecular weight excluding hydrogens is 234 g/mol. The van der Waals surface area contributed by atoms with E-state index in [2.05, 4.69) is 0 Å². The summed E-state index contributed by atoms with van der Waals surface area (Å²) in [4.78, 5) is 11.8. The number of fused-ring (bicyclic) bond motifs is 2. The van der Waals surface area contributed by atoms with E-state index in [4.69, 9.17) is 0 Å². The van der Waals surface area contributed by atoms with Gasteiger partial charge in [0.15, 0.2) is 0 Å². The molecule has 0 amide bonds. The third kappa shape index (κ3) is 1.60. The molecule has 18 heavy (non-hydrogen) atoms. The molecule has 1 saturated carbocycles. The quantitative estimate of drug-likeness (QED) is 0.745. The Labute approximate surface area is 105 Å². The lowest BCUT2D eigenvalue weighted by Crippen LogP contribution is -2.40. The lowest BCUT2D eigenvalue weighted by atomic mass is 9.65. The summed E-state index contributed by atoms with van der Waals surface area (Å²) in [6, 6.07) is 7.66. The van der Waals surface area contributed by atoms with E-state index in [1.54, 1.807) is 0 Å². The number of carbonyl (C=O) groups is 1. The van der Waals surface area contributed by atoms with Crippen molar-refractivity contribution in [3.63, 3.8) is 0 Å². The fraction of sp³-hybridized carbons (Fsp3) is 0.533. The summed E-state index contributed by atoms with van der Waals surface area (Å²) in [5.41, 5.74) is 1.43. The van der Waals surface area contributed by atoms with Gasteiger partial charge < -0.3 is 0 Å². The van der Waals surface area contributed by atoms with Crippen molar-refractivity contribution >= 4 is 5.78 Å². The summed E-state index contributed by atoms with van der Waals surface area (Å²) >= 11 is 0. The number of ketones is 1. The number of hydrogen-bond donors (Lipinski definition) is 0. The van der Waals surface area contributed by atoms with Crippen LogP contribution in [0.1, 0.15) is 36.8 Å². The van der Waals surface area contributed by atoms with Crippen LogP contribution in [0.15, 0.2) is 24.3 Å². The molecule has 1 nitrogen and oxygen atoms in total. The van der Waals surface area contributed by atoms with Gasteiger partial charge in [0.05, 0.1) is 0 Å². The molecule has 1 fully saturated rings. The number of benzene rings is 1. The third-order valence-corrected chi connectivity index (χ3v) is 4.60. The van der Waals surface area contributed by atoms with Crippen molar-refractivity contribution in [2.45, 2.75) is 43.9 Å². The van der Waals surface area contributed by atoms with Gasteiger partial charge in [0.1, 0.15) is 5.78 Å². The fourth-order valence-corrected chi connectivity index (χ4v) is 3.82. The van der Waals surface area contributed by atoms with E-state index in [0.717, 1.165) is 24.0 Å². The molecular formula is C15H16F2O. The predicted octanol–water partition coefficient (Wildman–Crippen LogP) is 3.50. The molecule has 0 heterocycles. The molecule has 1 aromatic rings. The maximum atomic E-state index is 13.3. The highest BCUT2D eigenvalue weighted by Crippen LogP contribution is 2.53. The first kappa shape index (κ1) is 11.8. The van der Waals surface area contributed by atoms with Crippen LogP contribution in [0, 0.1) is 5.92 Å². The molecule has 96 valence electrons. The van der Waals surface area contributed by atoms with E-state index < -0.39 is 17.8 Å². The van der Waals surface area contributed by atoms with Gasteiger partial charge in [-0.1, -0.05) is 24.3 Å². The number of rotatable bonds is 1. The molecule has 2 aliphatic carbocycles. The number of Topliss-reactive ketones (excluding diaryl/α,β-unsaturated/α-hetero) is 1. The molecule has 3 heteroatoms. The largest absolute Gasteiger partial charge is 0.300 e. The standard InChI is InChI=1S/C15H16F2O/c16-14(17)13-8-10-4-1-2-6-12(10)15(13)7-3-5-11(18)9-15/h1-2,4,6,13-14H,3,5,7-9H2. The summed E-state index contributed by atoms with van der Waals surface area (Å²) in [5, 5.41) is 0. The maximum absolute atomic E-state index is 13.3. The summed E-state index contributed by atoms with van der Waals surface area (Å²) < 4.78 is 26.7. The van der Waals surface area contributed by atoms with Crippen molar-refractivity contribution in [3.05, 3.63) is 35.4 Å². The smallest absolute Gasteiger partial charge is 0.242 e. The molecule has 1 aromatic carbocycles. The molecule has 1 spiro atoms. The minimum atomic E-state index is -2.34. The zero-order chi connectivity index (χ0) is 12.8. The van der Waals surface area contributed by atoms with Gasteiger partial charge in [-0.3, -0.25) is 4.79 Å². The second kappa shape index (κ2) is 4.15. The first-order chi connectivity index (χ1) is 8.63. The van der Waals surface area contributed by atoms with Crippen LogP contribution in [0.25, 0.3) is 0 Å². The molecule has 2 aliphatic rings. The number of halogens is 2. The number of hydrogen-bond acceptors (Lipinski definition) is 1. The van der Waals surface area contributed by atoms with Crippen LogP contribution in [0.2, 0.25) is 0 Å². The van der Waals surface area contributed by atoms with Crippen molar-refractivity contribution in [3.8, 4) is 0 Å². The van der Waals surface area contributed by atoms with Crippen LogP contribution in [0.4, 0.5) is 8.78 Å². The monoisotopic (exact) mass is 250 g/mol. The van der Waals surface area contributed by atoms with Gasteiger partial charge in [0.25, 0.3) is 0 Å². The zero-order valence-corrected chi connectivity index (χ0v) is 10.2. The number of alkyl halides is 2. The Kier molecular flexibility index (Phi) is 2.72. The molecule has 2 atom stereocenters. The third-order valence-electron chi connectivity index (χ3n) is 4.60. The van der Waals surface area contributed by atoms with E-state index in [1.165, 1.54) is 0 Å². The Bertz CT molecular complexity index is 483. The lowest BCUT2D eigenvalue weighted by Gasteiger charge is -2.38. The van der Waals surface area contributed by atoms with Crippen LogP contribution < -0.4 is 0 Å². The van der Waals surface area contributed by atoms with E-state index in [9.17, 15) is 13.6 Å². The molecule has 2 unspecified atom stereocenters. The summed E-state index contributed by atoms with van der Waals surface area (Å²) in [5.74, 6) is -0.539. The van der Waals surface area contributed by atoms with Gasteiger partial charge >= 0.3 is 0 Å². The Morgan fingerprint density at radius 1 is 1.28 bits per heavy atom. The molecule has 0 saturated heterocycles. The normalized spacial score (nSPS) is 31.1. The second-order valence-corrected chi connectivity index (χ2v) is 5.53. The highest BCUT2D eigenvalue weighted by molar-refractivity contribution is 5.81. The molecule has 3 rings (SSSR count). The van der Waals surface area contributed by atoms with Crippen molar-refractivity contribution in [2.24, 2.45) is 5.92 Å². The molecule has 0 aliphatic heterocycles. The number of carbonyl (C=O) groups excluding carboxylic acids is 1. The SMILES string of the molecule is O=C1CCCC2(C1)c1ccccc1CC2C(F)F. The molecule has 0 radical (unpaired) electrons. The van der Waals surface area contributed by atoms with Crippen molar-refractivity contribution in [2.75, 3.05) is 0 Å². The Hall–Kier alpha value is -1.25. The van der Waals surface area contributed by atoms with Gasteiger partial charge in [-0.05, 0) is 30.4 Å². The van der Waals surface area contributed by atoms with E-state index in [0.29, 0.717) is 19.3 Å². The van der Waals surface area contributed by atoms with Crippen LogP contribution in [-0.4, -0.2) is 12.2 Å². The van der Waals surface area contributed by atoms with Crippen molar-refractivity contribution < 1.29 is 13.6 Å². The van der Waals surface area contributed by atoms with Gasteiger partial charge in [0, 0.05) is 24.2 Å². The van der Waals surface area contributed by atoms with E-state index in [-0.39, 0.29) is 5.78 Å². The van der Waals surface area contributed by atoms with E-state index in [1.807, 2.05) is 24.3 Å². The molecule has 0 aromatic heterocycles. The van der Waals surface area contributed by atoms with Crippen molar-refractivity contribution in [1.82, 2.24) is 0 Å². The summed E-state index contributed by atoms with van der Waals surface area (Å²) in [6.45, 7) is 0. The minimum Gasteiger partial charge on any atom is -0.300 e. The topological polar surface area (TPSA) is 17.1 Å². The van der Waals surface area contributed by atoms with Crippen LogP contribution >= 0.6 is 0 Å². The van der Waals surface area contributed by atoms with Crippen molar-refractivity contribution in [1.29, 1.82) is 0 Å². The van der Waals surface area contributed by atoms with Gasteiger partial charge in [-0.2, -0.15) is 0 Å². The Balaban J connectivity index is 2.09. The summed E-state index contributed by atoms with van der Waals surface area (Å²) in [7, 11) is 0. The zero-order valence-electron chi connectivity index (χ0n) is 10.2. The van der Waals surface area contributed by atoms with Crippen LogP contribution in [0.3, 0.4) is 0 Å². The van der Waals surface area contributed by atoms with Gasteiger partial charge in [0.2, 0.25) is 6.43 Å². The highest BCUT2D eigenvalue weighted by Gasteiger charge is 2.52. The lowest BCUT2D eigenvalue weighted by molar-refractivity contribution is -0.123. The molecule has 0 N–H and O–H groups in total. The van der Waals surface area contributed by atoms with Gasteiger partial charge in [-0.25, -0.2) is 8.78 Å². The highest BCUT2D eigenvalue weighted by atomic mass is 19.3. The average Bonchev–Trinajstić information content (AvgIpc) is 2.65. The van der Waals surface area contributed by atoms with Crippen LogP contribution in [-0.2, 0) is 16.6 Å². The van der Waals surface area contributed by atoms with Gasteiger partial charge in [-0.15, -0.1) is 0 Å². The van der Waals surface area contributed by atoms with E-state index >= 15 is 0 Å². The fourth-order valence-electron chi connectivity index (χ4n) is 3.82. The predicted molar refractivity (Wildman–Crippen MR) is 64.8 cm³/mol. The summed E-state index contributed by atoms with van der Waals surface area (Å²) in [6.07, 6.45) is 0.407.